The van der Waals surface area contributed by atoms with E-state index in [2.05, 4.69) is 10.3 Å². The molecule has 0 radical (unpaired) electrons. The molecule has 40 heavy (non-hydrogen) atoms. The van der Waals surface area contributed by atoms with Gasteiger partial charge in [0.1, 0.15) is 12.1 Å². The molecule has 1 amide bonds. The largest absolute Gasteiger partial charge is 0.493 e. The Hall–Kier alpha value is -2.92. The van der Waals surface area contributed by atoms with Crippen molar-refractivity contribution in [1.29, 1.82) is 0 Å². The molecule has 0 spiro atoms. The maximum Gasteiger partial charge on any atom is 0.329 e. The molecular weight excluding hydrogens is 520 g/mol. The highest BCUT2D eigenvalue weighted by atomic mass is 16.7. The minimum absolute atomic E-state index is 0.00773. The fourth-order valence-corrected chi connectivity index (χ4v) is 4.88. The van der Waals surface area contributed by atoms with Gasteiger partial charge in [0, 0.05) is 39.0 Å². The normalized spacial score (nSPS) is 25.1. The molecule has 2 aliphatic carbocycles. The van der Waals surface area contributed by atoms with Crippen LogP contribution in [0.3, 0.4) is 0 Å². The molecule has 222 valence electrons. The van der Waals surface area contributed by atoms with Gasteiger partial charge >= 0.3 is 11.9 Å². The fourth-order valence-electron chi connectivity index (χ4n) is 4.88. The monoisotopic (exact) mass is 562 g/mol. The molecule has 0 bridgehead atoms. The number of cyclic esters (lactones) is 1. The van der Waals surface area contributed by atoms with Gasteiger partial charge in [-0.15, -0.1) is 0 Å². The minimum Gasteiger partial charge on any atom is -0.493 e. The number of carbonyl (C=O) groups excluding carboxylic acids is 3. The number of esters is 2. The Morgan fingerprint density at radius 1 is 1.10 bits per heavy atom. The Balaban J connectivity index is 1.42. The van der Waals surface area contributed by atoms with E-state index in [9.17, 15) is 14.4 Å². The molecule has 1 N–H and O–H groups in total. The highest BCUT2D eigenvalue weighted by Crippen LogP contribution is 2.34. The van der Waals surface area contributed by atoms with E-state index in [-0.39, 0.29) is 29.2 Å². The van der Waals surface area contributed by atoms with Crippen molar-refractivity contribution in [2.24, 2.45) is 17.8 Å². The molecule has 3 aliphatic rings. The van der Waals surface area contributed by atoms with Gasteiger partial charge in [0.05, 0.1) is 13.2 Å². The molecule has 4 atom stereocenters. The van der Waals surface area contributed by atoms with Gasteiger partial charge in [-0.25, -0.2) is 9.78 Å². The van der Waals surface area contributed by atoms with Crippen LogP contribution in [0.1, 0.15) is 75.7 Å². The Labute approximate surface area is 235 Å². The van der Waals surface area contributed by atoms with Crippen molar-refractivity contribution >= 4 is 17.8 Å². The number of rotatable bonds is 14. The van der Waals surface area contributed by atoms with Crippen molar-refractivity contribution in [3.05, 3.63) is 18.0 Å². The van der Waals surface area contributed by atoms with Crippen molar-refractivity contribution in [3.8, 4) is 11.5 Å². The number of hydrogen-bond acceptors (Lipinski definition) is 10. The summed E-state index contributed by atoms with van der Waals surface area (Å²) < 4.78 is 33.8. The standard InChI is InChI=1S/C29H42N2O9/c1-18-26(37-16-21-9-10-21)22(12-14-36-15-20-7-8-20)5-4-6-23(29(34)40-18)31-28(33)25-27(39-17-38-19(2)32)24(35-3)11-13-30-25/h11,13,18,20-23,26H,4-10,12,14-17H2,1-3H3,(H,31,33). The number of methoxy groups -OCH3 is 1. The van der Waals surface area contributed by atoms with Gasteiger partial charge in [-0.2, -0.15) is 0 Å². The number of hydrogen-bond donors (Lipinski definition) is 1. The Morgan fingerprint density at radius 2 is 1.85 bits per heavy atom. The Kier molecular flexibility index (Phi) is 11.0. The molecule has 11 heteroatoms. The smallest absolute Gasteiger partial charge is 0.329 e. The van der Waals surface area contributed by atoms with Crippen LogP contribution < -0.4 is 14.8 Å². The second kappa shape index (κ2) is 14.6. The summed E-state index contributed by atoms with van der Waals surface area (Å²) in [5.41, 5.74) is -0.0939. The summed E-state index contributed by atoms with van der Waals surface area (Å²) in [5.74, 6) is 0.0305. The molecule has 11 nitrogen and oxygen atoms in total. The zero-order valence-electron chi connectivity index (χ0n) is 23.7. The van der Waals surface area contributed by atoms with Gasteiger partial charge in [-0.1, -0.05) is 6.42 Å². The van der Waals surface area contributed by atoms with Crippen LogP contribution in [0.2, 0.25) is 0 Å². The summed E-state index contributed by atoms with van der Waals surface area (Å²) >= 11 is 0. The lowest BCUT2D eigenvalue weighted by Crippen LogP contribution is -2.44. The summed E-state index contributed by atoms with van der Waals surface area (Å²) in [4.78, 5) is 41.8. The lowest BCUT2D eigenvalue weighted by Gasteiger charge is -2.31. The Morgan fingerprint density at radius 3 is 2.55 bits per heavy atom. The van der Waals surface area contributed by atoms with E-state index in [1.54, 1.807) is 0 Å². The molecule has 0 aromatic carbocycles. The molecule has 2 saturated carbocycles. The zero-order chi connectivity index (χ0) is 28.5. The van der Waals surface area contributed by atoms with Crippen LogP contribution in [0, 0.1) is 17.8 Å². The molecule has 2 heterocycles. The van der Waals surface area contributed by atoms with Crippen LogP contribution in [-0.4, -0.2) is 74.8 Å². The van der Waals surface area contributed by atoms with Crippen LogP contribution in [0.4, 0.5) is 0 Å². The van der Waals surface area contributed by atoms with Gasteiger partial charge in [0.15, 0.2) is 17.2 Å². The first-order valence-electron chi connectivity index (χ1n) is 14.4. The fraction of sp³-hybridized carbons (Fsp3) is 0.724. The van der Waals surface area contributed by atoms with Crippen molar-refractivity contribution in [3.63, 3.8) is 0 Å². The van der Waals surface area contributed by atoms with Gasteiger partial charge in [-0.05, 0) is 69.6 Å². The van der Waals surface area contributed by atoms with Crippen LogP contribution in [-0.2, 0) is 28.5 Å². The topological polar surface area (TPSA) is 132 Å². The van der Waals surface area contributed by atoms with E-state index in [1.807, 2.05) is 6.92 Å². The summed E-state index contributed by atoms with van der Waals surface area (Å²) in [7, 11) is 1.42. The number of carbonyl (C=O) groups is 3. The quantitative estimate of drug-likeness (QED) is 0.204. The second-order valence-corrected chi connectivity index (χ2v) is 11.0. The Bertz CT molecular complexity index is 1010. The number of amides is 1. The molecule has 4 unspecified atom stereocenters. The van der Waals surface area contributed by atoms with E-state index < -0.39 is 36.8 Å². The highest BCUT2D eigenvalue weighted by molar-refractivity contribution is 5.98. The lowest BCUT2D eigenvalue weighted by molar-refractivity contribution is -0.161. The predicted octanol–water partition coefficient (Wildman–Crippen LogP) is 3.43. The van der Waals surface area contributed by atoms with Crippen LogP contribution in [0.25, 0.3) is 0 Å². The minimum atomic E-state index is -0.877. The third-order valence-electron chi connectivity index (χ3n) is 7.56. The number of ether oxygens (including phenoxy) is 6. The maximum absolute atomic E-state index is 13.3. The summed E-state index contributed by atoms with van der Waals surface area (Å²) in [6.07, 6.45) is 8.30. The molecule has 1 aromatic rings. The van der Waals surface area contributed by atoms with Crippen LogP contribution >= 0.6 is 0 Å². The zero-order valence-corrected chi connectivity index (χ0v) is 23.7. The highest BCUT2D eigenvalue weighted by Gasteiger charge is 2.36. The molecule has 1 aliphatic heterocycles. The molecular formula is C29H42N2O9. The molecule has 4 rings (SSSR count). The third-order valence-corrected chi connectivity index (χ3v) is 7.56. The molecule has 1 aromatic heterocycles. The number of aromatic nitrogens is 1. The van der Waals surface area contributed by atoms with Crippen molar-refractivity contribution < 1.29 is 42.8 Å². The summed E-state index contributed by atoms with van der Waals surface area (Å²) in [5, 5.41) is 2.77. The van der Waals surface area contributed by atoms with E-state index >= 15 is 0 Å². The average Bonchev–Trinajstić information content (AvgIpc) is 3.85. The first kappa shape index (κ1) is 30.0. The molecule has 1 saturated heterocycles. The van der Waals surface area contributed by atoms with Crippen molar-refractivity contribution in [2.45, 2.75) is 83.5 Å². The summed E-state index contributed by atoms with van der Waals surface area (Å²) in [6, 6.07) is 0.643. The maximum atomic E-state index is 13.3. The van der Waals surface area contributed by atoms with Crippen molar-refractivity contribution in [1.82, 2.24) is 10.3 Å². The van der Waals surface area contributed by atoms with Crippen LogP contribution in [0.15, 0.2) is 12.3 Å². The van der Waals surface area contributed by atoms with E-state index in [0.29, 0.717) is 37.9 Å². The van der Waals surface area contributed by atoms with Gasteiger partial charge in [-0.3, -0.25) is 9.59 Å². The number of nitrogens with one attached hydrogen (secondary N) is 1. The van der Waals surface area contributed by atoms with Gasteiger partial charge in [0.2, 0.25) is 6.79 Å². The lowest BCUT2D eigenvalue weighted by atomic mass is 9.89. The first-order valence-corrected chi connectivity index (χ1v) is 14.4. The van der Waals surface area contributed by atoms with Gasteiger partial charge in [0.25, 0.3) is 5.91 Å². The molecule has 3 fully saturated rings. The number of pyridine rings is 1. The van der Waals surface area contributed by atoms with Crippen molar-refractivity contribution in [2.75, 3.05) is 33.7 Å². The van der Waals surface area contributed by atoms with Crippen LogP contribution in [0.5, 0.6) is 11.5 Å². The first-order chi connectivity index (χ1) is 19.4. The van der Waals surface area contributed by atoms with E-state index in [1.165, 1.54) is 52.0 Å². The number of nitrogens with zero attached hydrogens (tertiary/aromatic N) is 1. The van der Waals surface area contributed by atoms with E-state index in [4.69, 9.17) is 28.4 Å². The van der Waals surface area contributed by atoms with Gasteiger partial charge < -0.3 is 33.7 Å². The third kappa shape index (κ3) is 9.05. The van der Waals surface area contributed by atoms with E-state index in [0.717, 1.165) is 19.4 Å². The SMILES string of the molecule is COc1ccnc(C(=O)NC2CCCC(CCOCC3CC3)C(OCC3CC3)C(C)OC2=O)c1OCOC(C)=O. The predicted molar refractivity (Wildman–Crippen MR) is 143 cm³/mol. The average molecular weight is 563 g/mol. The second-order valence-electron chi connectivity index (χ2n) is 11.0. The summed E-state index contributed by atoms with van der Waals surface area (Å²) in [6.45, 7) is 4.82.